The van der Waals surface area contributed by atoms with Gasteiger partial charge in [0.15, 0.2) is 0 Å². The zero-order chi connectivity index (χ0) is 18.2. The van der Waals surface area contributed by atoms with Gasteiger partial charge in [0.25, 0.3) is 0 Å². The molecule has 2 aromatic rings. The van der Waals surface area contributed by atoms with E-state index in [2.05, 4.69) is 10.3 Å². The van der Waals surface area contributed by atoms with Crippen molar-refractivity contribution >= 4 is 15.9 Å². The maximum Gasteiger partial charge on any atom is 0.243 e. The minimum absolute atomic E-state index is 0.0146. The molecule has 0 bridgehead atoms. The molecule has 136 valence electrons. The lowest BCUT2D eigenvalue weighted by atomic mass is 10.0. The van der Waals surface area contributed by atoms with E-state index in [1.54, 1.807) is 42.7 Å². The predicted octanol–water partition coefficient (Wildman–Crippen LogP) is 1.80. The van der Waals surface area contributed by atoms with E-state index in [0.29, 0.717) is 24.5 Å². The van der Waals surface area contributed by atoms with Gasteiger partial charge in [0, 0.05) is 37.9 Å². The molecule has 2 aliphatic rings. The lowest BCUT2D eigenvalue weighted by Crippen LogP contribution is -2.31. The van der Waals surface area contributed by atoms with Gasteiger partial charge in [-0.15, -0.1) is 0 Å². The summed E-state index contributed by atoms with van der Waals surface area (Å²) in [6.07, 6.45) is 4.90. The van der Waals surface area contributed by atoms with Gasteiger partial charge in [0.2, 0.25) is 15.9 Å². The number of nitrogens with zero attached hydrogens (tertiary/aromatic N) is 2. The van der Waals surface area contributed by atoms with Crippen LogP contribution >= 0.6 is 0 Å². The molecule has 6 nitrogen and oxygen atoms in total. The lowest BCUT2D eigenvalue weighted by Gasteiger charge is -2.16. The SMILES string of the molecule is O=C(NCc1ccncc1)[C@@H]1C[C@@]12CCN(S(=O)(=O)c1ccccc1)C2. The summed E-state index contributed by atoms with van der Waals surface area (Å²) in [5.41, 5.74) is 0.812. The summed E-state index contributed by atoms with van der Waals surface area (Å²) in [7, 11) is -3.48. The van der Waals surface area contributed by atoms with Crippen LogP contribution in [0.3, 0.4) is 0 Å². The quantitative estimate of drug-likeness (QED) is 0.869. The molecule has 1 aromatic heterocycles. The highest BCUT2D eigenvalue weighted by atomic mass is 32.2. The van der Waals surface area contributed by atoms with Crippen LogP contribution in [-0.4, -0.2) is 36.7 Å². The summed E-state index contributed by atoms with van der Waals surface area (Å²) in [5.74, 6) is -0.0823. The fourth-order valence-electron chi connectivity index (χ4n) is 3.79. The van der Waals surface area contributed by atoms with Crippen LogP contribution in [0.2, 0.25) is 0 Å². The molecule has 1 aromatic carbocycles. The van der Waals surface area contributed by atoms with Gasteiger partial charge < -0.3 is 5.32 Å². The van der Waals surface area contributed by atoms with Crippen molar-refractivity contribution in [1.29, 1.82) is 0 Å². The average molecular weight is 371 g/mol. The highest BCUT2D eigenvalue weighted by Crippen LogP contribution is 2.59. The van der Waals surface area contributed by atoms with Crippen molar-refractivity contribution in [2.45, 2.75) is 24.3 Å². The van der Waals surface area contributed by atoms with Gasteiger partial charge in [-0.25, -0.2) is 8.42 Å². The molecular weight excluding hydrogens is 350 g/mol. The van der Waals surface area contributed by atoms with Crippen LogP contribution in [0.25, 0.3) is 0 Å². The Balaban J connectivity index is 1.38. The van der Waals surface area contributed by atoms with Crippen LogP contribution in [-0.2, 0) is 21.4 Å². The number of hydrogen-bond donors (Lipinski definition) is 1. The lowest BCUT2D eigenvalue weighted by molar-refractivity contribution is -0.123. The maximum atomic E-state index is 12.8. The molecule has 1 N–H and O–H groups in total. The molecule has 26 heavy (non-hydrogen) atoms. The Kier molecular flexibility index (Phi) is 4.28. The molecule has 1 saturated heterocycles. The van der Waals surface area contributed by atoms with Gasteiger partial charge in [-0.05, 0) is 48.1 Å². The summed E-state index contributed by atoms with van der Waals surface area (Å²) in [6.45, 7) is 1.38. The standard InChI is InChI=1S/C19H21N3O3S/c23-18(21-13-15-6-9-20-10-7-15)17-12-19(17)8-11-22(14-19)26(24,25)16-4-2-1-3-5-16/h1-7,9-10,17H,8,11-14H2,(H,21,23)/t17-,19+/m0/s1. The number of pyridine rings is 1. The van der Waals surface area contributed by atoms with Crippen LogP contribution in [0.1, 0.15) is 18.4 Å². The summed E-state index contributed by atoms with van der Waals surface area (Å²) in [6, 6.07) is 12.2. The summed E-state index contributed by atoms with van der Waals surface area (Å²) < 4.78 is 27.0. The monoisotopic (exact) mass is 371 g/mol. The highest BCUT2D eigenvalue weighted by Gasteiger charge is 2.62. The Morgan fingerprint density at radius 3 is 2.65 bits per heavy atom. The Labute approximate surface area is 153 Å². The van der Waals surface area contributed by atoms with E-state index in [9.17, 15) is 13.2 Å². The van der Waals surface area contributed by atoms with Crippen molar-refractivity contribution in [2.24, 2.45) is 11.3 Å². The third-order valence-corrected chi connectivity index (χ3v) is 7.31. The Morgan fingerprint density at radius 2 is 1.92 bits per heavy atom. The molecule has 4 rings (SSSR count). The third-order valence-electron chi connectivity index (χ3n) is 5.45. The van der Waals surface area contributed by atoms with Crippen LogP contribution in [0.15, 0.2) is 59.8 Å². The number of nitrogens with one attached hydrogen (secondary N) is 1. The van der Waals surface area contributed by atoms with Gasteiger partial charge in [-0.1, -0.05) is 18.2 Å². The minimum Gasteiger partial charge on any atom is -0.352 e. The van der Waals surface area contributed by atoms with Crippen molar-refractivity contribution in [1.82, 2.24) is 14.6 Å². The van der Waals surface area contributed by atoms with Crippen molar-refractivity contribution in [3.8, 4) is 0 Å². The van der Waals surface area contributed by atoms with Gasteiger partial charge in [0.05, 0.1) is 4.90 Å². The fraction of sp³-hybridized carbons (Fsp3) is 0.368. The second kappa shape index (κ2) is 6.48. The van der Waals surface area contributed by atoms with E-state index in [1.165, 1.54) is 4.31 Å². The second-order valence-corrected chi connectivity index (χ2v) is 9.03. The topological polar surface area (TPSA) is 79.4 Å². The third kappa shape index (κ3) is 3.12. The molecule has 0 unspecified atom stereocenters. The molecule has 1 aliphatic heterocycles. The van der Waals surface area contributed by atoms with Crippen molar-refractivity contribution in [3.63, 3.8) is 0 Å². The van der Waals surface area contributed by atoms with Crippen LogP contribution in [0.5, 0.6) is 0 Å². The van der Waals surface area contributed by atoms with Crippen LogP contribution < -0.4 is 5.32 Å². The number of carbonyl (C=O) groups excluding carboxylic acids is 1. The Morgan fingerprint density at radius 1 is 1.19 bits per heavy atom. The maximum absolute atomic E-state index is 12.8. The Hall–Kier alpha value is -2.25. The smallest absolute Gasteiger partial charge is 0.243 e. The number of aromatic nitrogens is 1. The van der Waals surface area contributed by atoms with E-state index in [-0.39, 0.29) is 17.2 Å². The van der Waals surface area contributed by atoms with Crippen molar-refractivity contribution in [3.05, 3.63) is 60.4 Å². The molecule has 1 amide bonds. The first-order chi connectivity index (χ1) is 12.5. The zero-order valence-corrected chi connectivity index (χ0v) is 15.2. The fourth-order valence-corrected chi connectivity index (χ4v) is 5.34. The summed E-state index contributed by atoms with van der Waals surface area (Å²) >= 11 is 0. The highest BCUT2D eigenvalue weighted by molar-refractivity contribution is 7.89. The molecule has 2 heterocycles. The molecule has 0 radical (unpaired) electrons. The van der Waals surface area contributed by atoms with Gasteiger partial charge >= 0.3 is 0 Å². The average Bonchev–Trinajstić information content (AvgIpc) is 3.20. The van der Waals surface area contributed by atoms with E-state index in [4.69, 9.17) is 0 Å². The zero-order valence-electron chi connectivity index (χ0n) is 14.3. The predicted molar refractivity (Wildman–Crippen MR) is 96.4 cm³/mol. The van der Waals surface area contributed by atoms with E-state index in [1.807, 2.05) is 12.1 Å². The Bertz CT molecular complexity index is 902. The first-order valence-corrected chi connectivity index (χ1v) is 10.2. The van der Waals surface area contributed by atoms with Gasteiger partial charge in [0.1, 0.15) is 0 Å². The number of rotatable bonds is 5. The van der Waals surface area contributed by atoms with Crippen LogP contribution in [0.4, 0.5) is 0 Å². The number of carbonyl (C=O) groups is 1. The molecule has 2 atom stereocenters. The number of benzene rings is 1. The number of amides is 1. The van der Waals surface area contributed by atoms with Crippen molar-refractivity contribution < 1.29 is 13.2 Å². The van der Waals surface area contributed by atoms with Crippen molar-refractivity contribution in [2.75, 3.05) is 13.1 Å². The summed E-state index contributed by atoms with van der Waals surface area (Å²) in [5, 5.41) is 2.96. The van der Waals surface area contributed by atoms with Gasteiger partial charge in [-0.2, -0.15) is 4.31 Å². The molecule has 2 fully saturated rings. The minimum atomic E-state index is -3.48. The number of hydrogen-bond acceptors (Lipinski definition) is 4. The largest absolute Gasteiger partial charge is 0.352 e. The number of sulfonamides is 1. The second-order valence-electron chi connectivity index (χ2n) is 7.09. The molecule has 1 aliphatic carbocycles. The van der Waals surface area contributed by atoms with Crippen LogP contribution in [0, 0.1) is 11.3 Å². The molecule has 1 spiro atoms. The summed E-state index contributed by atoms with van der Waals surface area (Å²) in [4.78, 5) is 16.7. The molecule has 1 saturated carbocycles. The molecular formula is C19H21N3O3S. The first kappa shape index (κ1) is 17.2. The van der Waals surface area contributed by atoms with Gasteiger partial charge in [-0.3, -0.25) is 9.78 Å². The normalized spacial score (nSPS) is 25.3. The van der Waals surface area contributed by atoms with E-state index < -0.39 is 10.0 Å². The first-order valence-electron chi connectivity index (χ1n) is 8.73. The van der Waals surface area contributed by atoms with E-state index in [0.717, 1.165) is 18.4 Å². The molecule has 7 heteroatoms. The van der Waals surface area contributed by atoms with E-state index >= 15 is 0 Å².